The number of nitrogens with one attached hydrogen (secondary N) is 1. The number of hydrogen-bond donors (Lipinski definition) is 1. The fourth-order valence-electron chi connectivity index (χ4n) is 2.65. The lowest BCUT2D eigenvalue weighted by Gasteiger charge is -2.31. The van der Waals surface area contributed by atoms with Crippen LogP contribution in [0, 0.1) is 0 Å². The standard InChI is InChI=1S/C14H23ClN4O/c1-4-7-18(11-5-6-16-8-11)12-9-17-19(10(2)3)14(20)13(12)15/h9-11,16H,4-8H2,1-3H3. The molecule has 0 spiro atoms. The number of hydrogen-bond acceptors (Lipinski definition) is 4. The fourth-order valence-corrected chi connectivity index (χ4v) is 2.89. The molecule has 0 radical (unpaired) electrons. The third-order valence-corrected chi connectivity index (χ3v) is 4.02. The molecular weight excluding hydrogens is 276 g/mol. The average Bonchev–Trinajstić information content (AvgIpc) is 2.93. The van der Waals surface area contributed by atoms with E-state index in [4.69, 9.17) is 11.6 Å². The Morgan fingerprint density at radius 2 is 2.35 bits per heavy atom. The zero-order chi connectivity index (χ0) is 14.7. The van der Waals surface area contributed by atoms with Crippen molar-refractivity contribution in [1.29, 1.82) is 0 Å². The van der Waals surface area contributed by atoms with Crippen molar-refractivity contribution in [2.75, 3.05) is 24.5 Å². The van der Waals surface area contributed by atoms with Crippen molar-refractivity contribution in [3.63, 3.8) is 0 Å². The van der Waals surface area contributed by atoms with Gasteiger partial charge in [-0.3, -0.25) is 4.79 Å². The van der Waals surface area contributed by atoms with E-state index in [1.54, 1.807) is 6.20 Å². The van der Waals surface area contributed by atoms with Gasteiger partial charge in [0.1, 0.15) is 5.02 Å². The molecule has 6 heteroatoms. The quantitative estimate of drug-likeness (QED) is 0.904. The Morgan fingerprint density at radius 3 is 2.90 bits per heavy atom. The van der Waals surface area contributed by atoms with Gasteiger partial charge >= 0.3 is 0 Å². The lowest BCUT2D eigenvalue weighted by molar-refractivity contribution is 0.500. The first-order valence-electron chi connectivity index (χ1n) is 7.31. The van der Waals surface area contributed by atoms with E-state index >= 15 is 0 Å². The molecule has 1 saturated heterocycles. The van der Waals surface area contributed by atoms with Gasteiger partial charge in [-0.15, -0.1) is 0 Å². The molecule has 2 rings (SSSR count). The van der Waals surface area contributed by atoms with Gasteiger partial charge in [0.05, 0.1) is 17.9 Å². The van der Waals surface area contributed by atoms with Crippen molar-refractivity contribution in [2.45, 2.75) is 45.7 Å². The second-order valence-corrected chi connectivity index (χ2v) is 5.91. The SMILES string of the molecule is CCCN(c1cnn(C(C)C)c(=O)c1Cl)C1CCNC1. The molecule has 20 heavy (non-hydrogen) atoms. The molecule has 1 N–H and O–H groups in total. The topological polar surface area (TPSA) is 50.2 Å². The van der Waals surface area contributed by atoms with Crippen LogP contribution < -0.4 is 15.8 Å². The molecule has 1 unspecified atom stereocenters. The normalized spacial score (nSPS) is 18.8. The van der Waals surface area contributed by atoms with E-state index in [9.17, 15) is 4.79 Å². The summed E-state index contributed by atoms with van der Waals surface area (Å²) >= 11 is 6.32. The average molecular weight is 299 g/mol. The molecule has 5 nitrogen and oxygen atoms in total. The van der Waals surface area contributed by atoms with Crippen molar-refractivity contribution >= 4 is 17.3 Å². The highest BCUT2D eigenvalue weighted by Crippen LogP contribution is 2.25. The second kappa shape index (κ2) is 6.59. The minimum absolute atomic E-state index is 0.0156. The highest BCUT2D eigenvalue weighted by molar-refractivity contribution is 6.33. The molecule has 112 valence electrons. The molecule has 0 aliphatic carbocycles. The summed E-state index contributed by atoms with van der Waals surface area (Å²) in [4.78, 5) is 14.5. The molecule has 1 atom stereocenters. The predicted molar refractivity (Wildman–Crippen MR) is 82.8 cm³/mol. The highest BCUT2D eigenvalue weighted by Gasteiger charge is 2.25. The molecule has 0 amide bonds. The van der Waals surface area contributed by atoms with Crippen LogP contribution in [0.25, 0.3) is 0 Å². The Balaban J connectivity index is 2.38. The van der Waals surface area contributed by atoms with Crippen molar-refractivity contribution in [3.05, 3.63) is 21.6 Å². The predicted octanol–water partition coefficient (Wildman–Crippen LogP) is 2.06. The molecule has 0 saturated carbocycles. The lowest BCUT2D eigenvalue weighted by atomic mass is 10.2. The van der Waals surface area contributed by atoms with Crippen LogP contribution in [0.3, 0.4) is 0 Å². The first kappa shape index (κ1) is 15.3. The monoisotopic (exact) mass is 298 g/mol. The number of rotatable bonds is 5. The van der Waals surface area contributed by atoms with Gasteiger partial charge in [0.25, 0.3) is 5.56 Å². The fraction of sp³-hybridized carbons (Fsp3) is 0.714. The van der Waals surface area contributed by atoms with E-state index in [1.165, 1.54) is 4.68 Å². The Morgan fingerprint density at radius 1 is 1.60 bits per heavy atom. The summed E-state index contributed by atoms with van der Waals surface area (Å²) in [6.07, 6.45) is 3.82. The second-order valence-electron chi connectivity index (χ2n) is 5.53. The Bertz CT molecular complexity index is 508. The molecule has 1 fully saturated rings. The Hall–Kier alpha value is -1.07. The summed E-state index contributed by atoms with van der Waals surface area (Å²) in [6.45, 7) is 8.82. The van der Waals surface area contributed by atoms with Gasteiger partial charge in [-0.1, -0.05) is 18.5 Å². The van der Waals surface area contributed by atoms with E-state index in [-0.39, 0.29) is 16.6 Å². The largest absolute Gasteiger partial charge is 0.365 e. The van der Waals surface area contributed by atoms with Crippen LogP contribution in [0.1, 0.15) is 39.7 Å². The zero-order valence-electron chi connectivity index (χ0n) is 12.4. The van der Waals surface area contributed by atoms with Gasteiger partial charge in [0.15, 0.2) is 0 Å². The minimum atomic E-state index is -0.203. The minimum Gasteiger partial charge on any atom is -0.365 e. The van der Waals surface area contributed by atoms with Crippen LogP contribution in [-0.4, -0.2) is 35.5 Å². The maximum absolute atomic E-state index is 12.3. The van der Waals surface area contributed by atoms with E-state index in [0.29, 0.717) is 6.04 Å². The summed E-state index contributed by atoms with van der Waals surface area (Å²) in [5.74, 6) is 0. The van der Waals surface area contributed by atoms with E-state index < -0.39 is 0 Å². The van der Waals surface area contributed by atoms with Crippen molar-refractivity contribution in [3.8, 4) is 0 Å². The van der Waals surface area contributed by atoms with Crippen LogP contribution in [0.4, 0.5) is 5.69 Å². The van der Waals surface area contributed by atoms with Gasteiger partial charge in [0.2, 0.25) is 0 Å². The molecular formula is C14H23ClN4O. The summed E-state index contributed by atoms with van der Waals surface area (Å²) in [6, 6.07) is 0.408. The maximum atomic E-state index is 12.3. The molecule has 0 aromatic carbocycles. The third-order valence-electron chi connectivity index (χ3n) is 3.66. The zero-order valence-corrected chi connectivity index (χ0v) is 13.2. The number of aromatic nitrogens is 2. The first-order valence-corrected chi connectivity index (χ1v) is 7.68. The molecule has 1 aromatic heterocycles. The van der Waals surface area contributed by atoms with Gasteiger partial charge < -0.3 is 10.2 Å². The molecule has 1 aliphatic rings. The van der Waals surface area contributed by atoms with Crippen molar-refractivity contribution < 1.29 is 0 Å². The summed E-state index contributed by atoms with van der Waals surface area (Å²) in [5.41, 5.74) is 0.565. The number of nitrogens with zero attached hydrogens (tertiary/aromatic N) is 3. The molecule has 2 heterocycles. The van der Waals surface area contributed by atoms with Crippen molar-refractivity contribution in [2.24, 2.45) is 0 Å². The lowest BCUT2D eigenvalue weighted by Crippen LogP contribution is -2.39. The number of anilines is 1. The highest BCUT2D eigenvalue weighted by atomic mass is 35.5. The van der Waals surface area contributed by atoms with Crippen LogP contribution in [0.5, 0.6) is 0 Å². The van der Waals surface area contributed by atoms with Gasteiger partial charge in [-0.05, 0) is 33.2 Å². The summed E-state index contributed by atoms with van der Waals surface area (Å²) in [7, 11) is 0. The molecule has 1 aromatic rings. The first-order chi connectivity index (χ1) is 9.56. The van der Waals surface area contributed by atoms with E-state index in [2.05, 4.69) is 22.2 Å². The summed E-state index contributed by atoms with van der Waals surface area (Å²) < 4.78 is 1.43. The van der Waals surface area contributed by atoms with Crippen molar-refractivity contribution in [1.82, 2.24) is 15.1 Å². The third kappa shape index (κ3) is 2.99. The van der Waals surface area contributed by atoms with Crippen LogP contribution >= 0.6 is 11.6 Å². The maximum Gasteiger partial charge on any atom is 0.287 e. The molecule has 0 bridgehead atoms. The number of halogens is 1. The van der Waals surface area contributed by atoms with Crippen LogP contribution in [0.15, 0.2) is 11.0 Å². The Kier molecular flexibility index (Phi) is 5.05. The van der Waals surface area contributed by atoms with Gasteiger partial charge in [-0.2, -0.15) is 5.10 Å². The van der Waals surface area contributed by atoms with Crippen LogP contribution in [-0.2, 0) is 0 Å². The Labute approximate surface area is 124 Å². The van der Waals surface area contributed by atoms with Gasteiger partial charge in [0, 0.05) is 19.1 Å². The summed E-state index contributed by atoms with van der Waals surface area (Å²) in [5, 5.41) is 7.91. The van der Waals surface area contributed by atoms with E-state index in [1.807, 2.05) is 13.8 Å². The molecule has 1 aliphatic heterocycles. The van der Waals surface area contributed by atoms with E-state index in [0.717, 1.165) is 38.2 Å². The van der Waals surface area contributed by atoms with Gasteiger partial charge in [-0.25, -0.2) is 4.68 Å². The van der Waals surface area contributed by atoms with Crippen LogP contribution in [0.2, 0.25) is 5.02 Å². The smallest absolute Gasteiger partial charge is 0.287 e.